The molecule has 2 aromatic heterocycles. The summed E-state index contributed by atoms with van der Waals surface area (Å²) in [6, 6.07) is 12.0. The van der Waals surface area contributed by atoms with Crippen molar-refractivity contribution in [3.8, 4) is 5.75 Å². The summed E-state index contributed by atoms with van der Waals surface area (Å²) in [5, 5.41) is 13.1. The van der Waals surface area contributed by atoms with E-state index in [2.05, 4.69) is 25.4 Å². The Labute approximate surface area is 221 Å². The van der Waals surface area contributed by atoms with Gasteiger partial charge < -0.3 is 19.4 Å². The van der Waals surface area contributed by atoms with Gasteiger partial charge in [-0.3, -0.25) is 9.69 Å². The smallest absolute Gasteiger partial charge is 0.416 e. The molecule has 0 aliphatic carbocycles. The first-order chi connectivity index (χ1) is 18.8. The highest BCUT2D eigenvalue weighted by atomic mass is 19.4. The first-order valence-electron chi connectivity index (χ1n) is 12.4. The minimum absolute atomic E-state index is 0.289. The van der Waals surface area contributed by atoms with E-state index >= 15 is 0 Å². The van der Waals surface area contributed by atoms with Gasteiger partial charge in [0.15, 0.2) is 5.82 Å². The zero-order chi connectivity index (χ0) is 27.6. The lowest BCUT2D eigenvalue weighted by molar-refractivity contribution is -0.137. The number of hydrogen-bond acceptors (Lipinski definition) is 8. The van der Waals surface area contributed by atoms with Crippen molar-refractivity contribution < 1.29 is 22.6 Å². The fraction of sp³-hybridized carbons (Fsp3) is 0.385. The fourth-order valence-corrected chi connectivity index (χ4v) is 4.89. The number of rotatable bonds is 8. The van der Waals surface area contributed by atoms with Crippen LogP contribution in [0, 0.1) is 0 Å². The van der Waals surface area contributed by atoms with Crippen molar-refractivity contribution in [1.82, 2.24) is 30.1 Å². The molecular weight excluding hydrogens is 515 g/mol. The Hall–Kier alpha value is -3.97. The number of tetrazole rings is 1. The van der Waals surface area contributed by atoms with E-state index in [1.165, 1.54) is 12.1 Å². The third kappa shape index (κ3) is 5.59. The van der Waals surface area contributed by atoms with Crippen LogP contribution in [0.25, 0.3) is 10.9 Å². The molecule has 13 heteroatoms. The fourth-order valence-electron chi connectivity index (χ4n) is 4.89. The molecule has 10 nitrogen and oxygen atoms in total. The molecule has 5 rings (SSSR count). The highest BCUT2D eigenvalue weighted by Gasteiger charge is 2.34. The number of H-pyrrole nitrogens is 1. The van der Waals surface area contributed by atoms with Gasteiger partial charge in [-0.15, -0.1) is 5.10 Å². The molecule has 0 amide bonds. The molecule has 3 heterocycles. The molecule has 2 aromatic carbocycles. The van der Waals surface area contributed by atoms with Crippen LogP contribution in [0.2, 0.25) is 0 Å². The number of aromatic amines is 1. The molecule has 0 spiro atoms. The van der Waals surface area contributed by atoms with Crippen molar-refractivity contribution in [2.45, 2.75) is 18.8 Å². The number of fused-ring (bicyclic) bond motifs is 1. The normalized spacial score (nSPS) is 15.6. The van der Waals surface area contributed by atoms with E-state index in [9.17, 15) is 18.0 Å². The second-order valence-corrected chi connectivity index (χ2v) is 9.23. The number of ether oxygens (including phenoxy) is 2. The maximum atomic E-state index is 13.4. The van der Waals surface area contributed by atoms with Crippen LogP contribution >= 0.6 is 0 Å². The molecule has 0 saturated carbocycles. The van der Waals surface area contributed by atoms with Gasteiger partial charge in [0.2, 0.25) is 0 Å². The average Bonchev–Trinajstić information content (AvgIpc) is 3.40. The van der Waals surface area contributed by atoms with Crippen LogP contribution < -0.4 is 15.2 Å². The minimum Gasteiger partial charge on any atom is -0.497 e. The van der Waals surface area contributed by atoms with Crippen LogP contribution in [0.1, 0.15) is 23.0 Å². The Kier molecular flexibility index (Phi) is 7.53. The van der Waals surface area contributed by atoms with E-state index in [1.54, 1.807) is 31.0 Å². The van der Waals surface area contributed by atoms with Gasteiger partial charge in [0.05, 0.1) is 31.3 Å². The lowest BCUT2D eigenvalue weighted by Gasteiger charge is -2.39. The Balaban J connectivity index is 1.48. The lowest BCUT2D eigenvalue weighted by Crippen LogP contribution is -2.49. The first kappa shape index (κ1) is 26.6. The molecule has 0 bridgehead atoms. The first-order valence-corrected chi connectivity index (χ1v) is 12.4. The number of pyridine rings is 1. The number of methoxy groups -OCH3 is 2. The number of anilines is 1. The van der Waals surface area contributed by atoms with Crippen LogP contribution in [-0.2, 0) is 17.5 Å². The van der Waals surface area contributed by atoms with E-state index in [-0.39, 0.29) is 5.56 Å². The molecule has 1 unspecified atom stereocenters. The van der Waals surface area contributed by atoms with E-state index in [4.69, 9.17) is 9.47 Å². The highest BCUT2D eigenvalue weighted by molar-refractivity contribution is 5.80. The Bertz CT molecular complexity index is 1500. The SMILES string of the molecule is COCCn1nnnc1C(c1cc2ccc(OC)cc2[nH]c1=O)N1CCN(c2cccc(C(F)(F)F)c2)CC1. The van der Waals surface area contributed by atoms with Crippen molar-refractivity contribution in [2.75, 3.05) is 51.9 Å². The molecule has 1 saturated heterocycles. The van der Waals surface area contributed by atoms with Crippen LogP contribution in [0.15, 0.2) is 53.3 Å². The number of alkyl halides is 3. The van der Waals surface area contributed by atoms with E-state index in [1.807, 2.05) is 23.1 Å². The summed E-state index contributed by atoms with van der Waals surface area (Å²) in [7, 11) is 3.14. The highest BCUT2D eigenvalue weighted by Crippen LogP contribution is 2.33. The monoisotopic (exact) mass is 543 g/mol. The number of piperazine rings is 1. The quantitative estimate of drug-likeness (QED) is 0.362. The number of aromatic nitrogens is 5. The van der Waals surface area contributed by atoms with Crippen LogP contribution in [0.5, 0.6) is 5.75 Å². The number of benzene rings is 2. The number of halogens is 3. The second kappa shape index (κ2) is 11.0. The van der Waals surface area contributed by atoms with Gasteiger partial charge in [-0.1, -0.05) is 6.07 Å². The molecular formula is C26H28F3N7O3. The van der Waals surface area contributed by atoms with Crippen molar-refractivity contribution in [1.29, 1.82) is 0 Å². The Morgan fingerprint density at radius 3 is 2.56 bits per heavy atom. The van der Waals surface area contributed by atoms with E-state index < -0.39 is 17.8 Å². The second-order valence-electron chi connectivity index (χ2n) is 9.23. The van der Waals surface area contributed by atoms with Crippen molar-refractivity contribution in [3.05, 3.63) is 75.8 Å². The minimum atomic E-state index is -4.41. The molecule has 1 aliphatic heterocycles. The molecule has 39 heavy (non-hydrogen) atoms. The van der Waals surface area contributed by atoms with Gasteiger partial charge in [-0.25, -0.2) is 4.68 Å². The topological polar surface area (TPSA) is 101 Å². The lowest BCUT2D eigenvalue weighted by atomic mass is 10.0. The molecule has 1 fully saturated rings. The van der Waals surface area contributed by atoms with Crippen LogP contribution in [0.4, 0.5) is 18.9 Å². The summed E-state index contributed by atoms with van der Waals surface area (Å²) >= 11 is 0. The summed E-state index contributed by atoms with van der Waals surface area (Å²) < 4.78 is 51.9. The largest absolute Gasteiger partial charge is 0.497 e. The third-order valence-corrected chi connectivity index (χ3v) is 6.91. The third-order valence-electron chi connectivity index (χ3n) is 6.91. The molecule has 1 aliphatic rings. The maximum absolute atomic E-state index is 13.4. The van der Waals surface area contributed by atoms with Crippen LogP contribution in [-0.4, -0.2) is 77.1 Å². The molecule has 0 radical (unpaired) electrons. The van der Waals surface area contributed by atoms with Crippen molar-refractivity contribution in [3.63, 3.8) is 0 Å². The average molecular weight is 544 g/mol. The molecule has 1 atom stereocenters. The van der Waals surface area contributed by atoms with Gasteiger partial charge in [0.1, 0.15) is 11.8 Å². The standard InChI is InChI=1S/C26H28F3N7O3/c1-38-13-12-36-24(31-32-33-36)23(21-14-17-6-7-20(39-2)16-22(17)30-25(21)37)35-10-8-34(9-11-35)19-5-3-4-18(15-19)26(27,28)29/h3-7,14-16,23H,8-13H2,1-2H3,(H,30,37). The van der Waals surface area contributed by atoms with Gasteiger partial charge in [0, 0.05) is 50.6 Å². The van der Waals surface area contributed by atoms with Crippen LogP contribution in [0.3, 0.4) is 0 Å². The van der Waals surface area contributed by atoms with Gasteiger partial charge in [0.25, 0.3) is 5.56 Å². The zero-order valence-electron chi connectivity index (χ0n) is 21.5. The number of nitrogens with one attached hydrogen (secondary N) is 1. The predicted octanol–water partition coefficient (Wildman–Crippen LogP) is 3.10. The summed E-state index contributed by atoms with van der Waals surface area (Å²) in [5.74, 6) is 1.11. The Morgan fingerprint density at radius 1 is 1.05 bits per heavy atom. The van der Waals surface area contributed by atoms with Crippen molar-refractivity contribution in [2.24, 2.45) is 0 Å². The van der Waals surface area contributed by atoms with Gasteiger partial charge in [-0.2, -0.15) is 13.2 Å². The maximum Gasteiger partial charge on any atom is 0.416 e. The number of hydrogen-bond donors (Lipinski definition) is 1. The zero-order valence-corrected chi connectivity index (χ0v) is 21.5. The number of nitrogens with zero attached hydrogens (tertiary/aromatic N) is 6. The summed E-state index contributed by atoms with van der Waals surface area (Å²) in [6.45, 7) is 2.63. The Morgan fingerprint density at radius 2 is 1.85 bits per heavy atom. The van der Waals surface area contributed by atoms with Gasteiger partial charge >= 0.3 is 6.18 Å². The van der Waals surface area contributed by atoms with Gasteiger partial charge in [-0.05, 0) is 52.2 Å². The van der Waals surface area contributed by atoms with E-state index in [0.29, 0.717) is 67.7 Å². The molecule has 206 valence electrons. The summed E-state index contributed by atoms with van der Waals surface area (Å²) in [5.41, 5.74) is 0.631. The molecule has 1 N–H and O–H groups in total. The summed E-state index contributed by atoms with van der Waals surface area (Å²) in [6.07, 6.45) is -4.41. The predicted molar refractivity (Wildman–Crippen MR) is 138 cm³/mol. The van der Waals surface area contributed by atoms with Crippen molar-refractivity contribution >= 4 is 16.6 Å². The van der Waals surface area contributed by atoms with E-state index in [0.717, 1.165) is 11.5 Å². The summed E-state index contributed by atoms with van der Waals surface area (Å²) in [4.78, 5) is 20.4. The molecule has 4 aromatic rings.